The van der Waals surface area contributed by atoms with Gasteiger partial charge in [-0.3, -0.25) is 9.59 Å². The van der Waals surface area contributed by atoms with Gasteiger partial charge in [0.2, 0.25) is 5.91 Å². The highest BCUT2D eigenvalue weighted by Gasteiger charge is 2.20. The summed E-state index contributed by atoms with van der Waals surface area (Å²) < 4.78 is 5.48. The maximum atomic E-state index is 12.5. The molecule has 0 bridgehead atoms. The van der Waals surface area contributed by atoms with Gasteiger partial charge < -0.3 is 20.3 Å². The van der Waals surface area contributed by atoms with E-state index in [9.17, 15) is 19.8 Å². The minimum Gasteiger partial charge on any atom is -0.466 e. The molecule has 2 atom stereocenters. The Morgan fingerprint density at radius 3 is 0.947 bits per heavy atom. The molecule has 1 amide bonds. The van der Waals surface area contributed by atoms with E-state index >= 15 is 0 Å². The Labute approximate surface area is 469 Å². The van der Waals surface area contributed by atoms with Gasteiger partial charge in [-0.25, -0.2) is 0 Å². The maximum absolute atomic E-state index is 12.5. The molecule has 0 aliphatic rings. The summed E-state index contributed by atoms with van der Waals surface area (Å²) >= 11 is 0. The largest absolute Gasteiger partial charge is 0.466 e. The van der Waals surface area contributed by atoms with Crippen LogP contribution in [0.3, 0.4) is 0 Å². The summed E-state index contributed by atoms with van der Waals surface area (Å²) in [5, 5.41) is 23.4. The molecular formula is C69H135NO5. The van der Waals surface area contributed by atoms with Gasteiger partial charge in [0.05, 0.1) is 25.4 Å². The molecule has 0 saturated carbocycles. The van der Waals surface area contributed by atoms with Crippen molar-refractivity contribution in [1.82, 2.24) is 5.32 Å². The third kappa shape index (κ3) is 61.7. The number of aliphatic hydroxyl groups is 2. The molecule has 0 fully saturated rings. The highest BCUT2D eigenvalue weighted by molar-refractivity contribution is 5.76. The van der Waals surface area contributed by atoms with Gasteiger partial charge in [0.15, 0.2) is 0 Å². The fourth-order valence-corrected chi connectivity index (χ4v) is 11.1. The molecular weight excluding hydrogens is 923 g/mol. The smallest absolute Gasteiger partial charge is 0.305 e. The number of rotatable bonds is 65. The van der Waals surface area contributed by atoms with Crippen LogP contribution in [0.2, 0.25) is 0 Å². The molecule has 0 aromatic carbocycles. The second-order valence-corrected chi connectivity index (χ2v) is 23.9. The van der Waals surface area contributed by atoms with Crippen LogP contribution in [-0.2, 0) is 14.3 Å². The molecule has 0 aliphatic carbocycles. The van der Waals surface area contributed by atoms with Gasteiger partial charge in [-0.15, -0.1) is 0 Å². The molecule has 6 heteroatoms. The van der Waals surface area contributed by atoms with Gasteiger partial charge in [0.1, 0.15) is 0 Å². The van der Waals surface area contributed by atoms with Crippen molar-refractivity contribution in [2.45, 2.75) is 405 Å². The van der Waals surface area contributed by atoms with Crippen LogP contribution in [0.4, 0.5) is 0 Å². The van der Waals surface area contributed by atoms with Crippen LogP contribution in [0.1, 0.15) is 393 Å². The van der Waals surface area contributed by atoms with E-state index in [2.05, 4.69) is 31.3 Å². The highest BCUT2D eigenvalue weighted by Crippen LogP contribution is 2.19. The minimum absolute atomic E-state index is 0.0151. The first kappa shape index (κ1) is 73.6. The zero-order chi connectivity index (χ0) is 54.3. The molecule has 6 nitrogen and oxygen atoms in total. The first-order valence-electron chi connectivity index (χ1n) is 34.4. The number of hydrogen-bond acceptors (Lipinski definition) is 5. The number of ether oxygens (including phenoxy) is 1. The lowest BCUT2D eigenvalue weighted by atomic mass is 10.0. The quantitative estimate of drug-likeness (QED) is 0.0320. The Balaban J connectivity index is 3.40. The summed E-state index contributed by atoms with van der Waals surface area (Å²) in [5.41, 5.74) is 0. The highest BCUT2D eigenvalue weighted by atomic mass is 16.5. The Morgan fingerprint density at radius 2 is 0.627 bits per heavy atom. The van der Waals surface area contributed by atoms with Crippen molar-refractivity contribution in [2.75, 3.05) is 13.2 Å². The molecule has 0 aliphatic heterocycles. The van der Waals surface area contributed by atoms with Crippen molar-refractivity contribution < 1.29 is 24.5 Å². The van der Waals surface area contributed by atoms with E-state index in [0.29, 0.717) is 25.9 Å². The summed E-state index contributed by atoms with van der Waals surface area (Å²) in [6.07, 6.45) is 79.6. The van der Waals surface area contributed by atoms with E-state index in [-0.39, 0.29) is 18.5 Å². The van der Waals surface area contributed by atoms with Gasteiger partial charge in [-0.1, -0.05) is 341 Å². The summed E-state index contributed by atoms with van der Waals surface area (Å²) in [6, 6.07) is -0.545. The first-order valence-corrected chi connectivity index (χ1v) is 34.4. The number of aliphatic hydroxyl groups excluding tert-OH is 2. The van der Waals surface area contributed by atoms with Crippen LogP contribution in [0, 0.1) is 0 Å². The lowest BCUT2D eigenvalue weighted by molar-refractivity contribution is -0.143. The molecule has 0 aromatic heterocycles. The third-order valence-corrected chi connectivity index (χ3v) is 16.3. The van der Waals surface area contributed by atoms with Gasteiger partial charge in [-0.05, 0) is 51.4 Å². The Kier molecular flexibility index (Phi) is 63.9. The number of nitrogens with one attached hydrogen (secondary N) is 1. The predicted molar refractivity (Wildman–Crippen MR) is 329 cm³/mol. The molecule has 0 saturated heterocycles. The molecule has 0 radical (unpaired) electrons. The van der Waals surface area contributed by atoms with Crippen LogP contribution >= 0.6 is 0 Å². The number of allylic oxidation sites excluding steroid dienone is 2. The van der Waals surface area contributed by atoms with Crippen LogP contribution in [0.25, 0.3) is 0 Å². The van der Waals surface area contributed by atoms with Crippen LogP contribution in [-0.4, -0.2) is 47.4 Å². The summed E-state index contributed by atoms with van der Waals surface area (Å²) in [6.45, 7) is 4.99. The second kappa shape index (κ2) is 65.1. The van der Waals surface area contributed by atoms with E-state index in [0.717, 1.165) is 38.5 Å². The molecule has 446 valence electrons. The molecule has 3 N–H and O–H groups in total. The zero-order valence-corrected chi connectivity index (χ0v) is 51.1. The van der Waals surface area contributed by atoms with Crippen molar-refractivity contribution >= 4 is 11.9 Å². The van der Waals surface area contributed by atoms with Crippen molar-refractivity contribution in [2.24, 2.45) is 0 Å². The van der Waals surface area contributed by atoms with Gasteiger partial charge in [0.25, 0.3) is 0 Å². The average molecular weight is 1060 g/mol. The van der Waals surface area contributed by atoms with Crippen LogP contribution < -0.4 is 5.32 Å². The lowest BCUT2D eigenvalue weighted by Crippen LogP contribution is -2.45. The topological polar surface area (TPSA) is 95.9 Å². The third-order valence-electron chi connectivity index (χ3n) is 16.3. The summed E-state index contributed by atoms with van der Waals surface area (Å²) in [4.78, 5) is 24.6. The molecule has 2 unspecified atom stereocenters. The van der Waals surface area contributed by atoms with E-state index < -0.39 is 12.1 Å². The number of carbonyl (C=O) groups excluding carboxylic acids is 2. The number of unbranched alkanes of at least 4 members (excludes halogenated alkanes) is 52. The zero-order valence-electron chi connectivity index (χ0n) is 51.1. The Morgan fingerprint density at radius 1 is 0.360 bits per heavy atom. The number of hydrogen-bond donors (Lipinski definition) is 3. The van der Waals surface area contributed by atoms with Gasteiger partial charge >= 0.3 is 5.97 Å². The standard InChI is InChI=1S/C69H135NO5/c1-3-5-7-9-11-13-15-17-18-19-20-25-28-31-34-38-41-45-49-53-57-61-67(72)66(65-71)70-68(73)62-58-54-50-46-42-39-35-32-29-26-23-21-22-24-27-30-33-36-40-44-48-52-56-60-64-75-69(74)63-59-55-51-47-43-37-16-14-12-10-8-6-4-2/h23,26,66-67,71-72H,3-22,24-25,27-65H2,1-2H3,(H,70,73)/b26-23-. The van der Waals surface area contributed by atoms with Crippen molar-refractivity contribution in [3.05, 3.63) is 12.2 Å². The molecule has 0 spiro atoms. The number of esters is 1. The molecule has 0 rings (SSSR count). The first-order chi connectivity index (χ1) is 37.0. The van der Waals surface area contributed by atoms with E-state index in [1.54, 1.807) is 0 Å². The van der Waals surface area contributed by atoms with Crippen molar-refractivity contribution in [1.29, 1.82) is 0 Å². The monoisotopic (exact) mass is 1060 g/mol. The van der Waals surface area contributed by atoms with E-state index in [1.165, 1.54) is 321 Å². The van der Waals surface area contributed by atoms with E-state index in [1.807, 2.05) is 0 Å². The Bertz CT molecular complexity index is 1130. The molecule has 0 heterocycles. The van der Waals surface area contributed by atoms with Gasteiger partial charge in [0, 0.05) is 12.8 Å². The SMILES string of the molecule is CCCCCCCCCCCCCCCCCCCCCCCC(O)C(CO)NC(=O)CCCCCCCCCC/C=C\CCCCCCCCCCCCCCOC(=O)CCCCCCCCCCCCCCC. The van der Waals surface area contributed by atoms with Crippen molar-refractivity contribution in [3.8, 4) is 0 Å². The Hall–Kier alpha value is -1.40. The van der Waals surface area contributed by atoms with Crippen LogP contribution in [0.15, 0.2) is 12.2 Å². The lowest BCUT2D eigenvalue weighted by Gasteiger charge is -2.22. The van der Waals surface area contributed by atoms with Gasteiger partial charge in [-0.2, -0.15) is 0 Å². The van der Waals surface area contributed by atoms with E-state index in [4.69, 9.17) is 4.74 Å². The van der Waals surface area contributed by atoms with Crippen molar-refractivity contribution in [3.63, 3.8) is 0 Å². The maximum Gasteiger partial charge on any atom is 0.305 e. The molecule has 75 heavy (non-hydrogen) atoms. The predicted octanol–water partition coefficient (Wildman–Crippen LogP) is 22.0. The minimum atomic E-state index is -0.667. The summed E-state index contributed by atoms with van der Waals surface area (Å²) in [7, 11) is 0. The number of carbonyl (C=O) groups is 2. The second-order valence-electron chi connectivity index (χ2n) is 23.9. The summed E-state index contributed by atoms with van der Waals surface area (Å²) in [5.74, 6) is -0.0197. The fourth-order valence-electron chi connectivity index (χ4n) is 11.1. The van der Waals surface area contributed by atoms with Crippen LogP contribution in [0.5, 0.6) is 0 Å². The number of amides is 1. The average Bonchev–Trinajstić information content (AvgIpc) is 3.41. The fraction of sp³-hybridized carbons (Fsp3) is 0.942. The molecule has 0 aromatic rings. The normalized spacial score (nSPS) is 12.5.